The van der Waals surface area contributed by atoms with Crippen LogP contribution in [0.25, 0.3) is 12.2 Å². The summed E-state index contributed by atoms with van der Waals surface area (Å²) in [5, 5.41) is 0. The average Bonchev–Trinajstić information content (AvgIpc) is 2.99. The number of benzene rings is 2. The van der Waals surface area contributed by atoms with E-state index in [2.05, 4.69) is 74.5 Å². The van der Waals surface area contributed by atoms with Crippen molar-refractivity contribution >= 4 is 12.2 Å². The van der Waals surface area contributed by atoms with Crippen LogP contribution < -0.4 is 0 Å². The van der Waals surface area contributed by atoms with Gasteiger partial charge in [0.25, 0.3) is 0 Å². The first-order valence-corrected chi connectivity index (χ1v) is 10.1. The van der Waals surface area contributed by atoms with E-state index in [-0.39, 0.29) is 0 Å². The Kier molecular flexibility index (Phi) is 3.34. The van der Waals surface area contributed by atoms with Crippen LogP contribution in [0, 0.1) is 0 Å². The van der Waals surface area contributed by atoms with E-state index in [9.17, 15) is 0 Å². The molecule has 0 saturated carbocycles. The van der Waals surface area contributed by atoms with E-state index in [1.165, 1.54) is 22.3 Å². The number of allylic oxidation sites excluding steroid dienone is 2. The van der Waals surface area contributed by atoms with Crippen molar-refractivity contribution in [3.05, 3.63) is 77.3 Å². The summed E-state index contributed by atoms with van der Waals surface area (Å²) in [4.78, 5) is 0. The second kappa shape index (κ2) is 5.22. The van der Waals surface area contributed by atoms with Gasteiger partial charge >= 0.3 is 138 Å². The molecule has 0 spiro atoms. The van der Waals surface area contributed by atoms with Gasteiger partial charge in [0, 0.05) is 0 Å². The molecule has 2 aliphatic carbocycles. The monoisotopic (exact) mass is 348 g/mol. The third kappa shape index (κ3) is 2.23. The van der Waals surface area contributed by atoms with Gasteiger partial charge in [0.2, 0.25) is 0 Å². The Bertz CT molecular complexity index is 701. The van der Waals surface area contributed by atoms with Crippen LogP contribution in [0.2, 0.25) is 0 Å². The zero-order valence-electron chi connectivity index (χ0n) is 12.4. The van der Waals surface area contributed by atoms with Gasteiger partial charge in [-0.25, -0.2) is 0 Å². The molecule has 0 radical (unpaired) electrons. The fourth-order valence-corrected chi connectivity index (χ4v) is 7.22. The minimum atomic E-state index is -0.659. The van der Waals surface area contributed by atoms with E-state index in [0.717, 1.165) is 0 Å². The van der Waals surface area contributed by atoms with Crippen LogP contribution in [0.4, 0.5) is 0 Å². The van der Waals surface area contributed by atoms with Crippen molar-refractivity contribution in [2.45, 2.75) is 25.7 Å². The van der Waals surface area contributed by atoms with Crippen LogP contribution in [-0.4, -0.2) is 0 Å². The number of hydrogen-bond donors (Lipinski definition) is 0. The van der Waals surface area contributed by atoms with Gasteiger partial charge in [0.15, 0.2) is 0 Å². The van der Waals surface area contributed by atoms with E-state index < -0.39 is 23.2 Å². The molecule has 0 aromatic heterocycles. The van der Waals surface area contributed by atoms with Gasteiger partial charge in [0.1, 0.15) is 0 Å². The quantitative estimate of drug-likeness (QED) is 0.682. The molecule has 2 aliphatic rings. The third-order valence-corrected chi connectivity index (χ3v) is 9.03. The molecule has 0 amide bonds. The number of fused-ring (bicyclic) bond motifs is 2. The molecular weight excluding hydrogens is 331 g/mol. The second-order valence-electron chi connectivity index (χ2n) is 6.03. The van der Waals surface area contributed by atoms with E-state index in [1.54, 1.807) is 6.56 Å². The fraction of sp³-hybridized carbons (Fsp3) is 0.200. The Labute approximate surface area is 138 Å². The molecule has 0 aliphatic heterocycles. The summed E-state index contributed by atoms with van der Waals surface area (Å²) in [7, 11) is 0. The molecule has 0 saturated heterocycles. The maximum absolute atomic E-state index is 2.47. The summed E-state index contributed by atoms with van der Waals surface area (Å²) >= 11 is -0.659. The Morgan fingerprint density at radius 2 is 1.10 bits per heavy atom. The Morgan fingerprint density at radius 1 is 0.667 bits per heavy atom. The van der Waals surface area contributed by atoms with Crippen LogP contribution in [0.15, 0.2) is 55.1 Å². The third-order valence-electron chi connectivity index (χ3n) is 4.77. The van der Waals surface area contributed by atoms with E-state index in [4.69, 9.17) is 0 Å². The molecule has 2 aromatic carbocycles. The predicted octanol–water partition coefficient (Wildman–Crippen LogP) is 5.39. The van der Waals surface area contributed by atoms with Crippen molar-refractivity contribution in [3.63, 3.8) is 0 Å². The number of rotatable bonds is 2. The summed E-state index contributed by atoms with van der Waals surface area (Å²) < 4.78 is 3.46. The molecule has 0 N–H and O–H groups in total. The van der Waals surface area contributed by atoms with Gasteiger partial charge in [-0.2, -0.15) is 0 Å². The van der Waals surface area contributed by atoms with Crippen molar-refractivity contribution in [1.82, 2.24) is 0 Å². The van der Waals surface area contributed by atoms with Crippen LogP contribution in [0.3, 0.4) is 0 Å². The average molecular weight is 350 g/mol. The van der Waals surface area contributed by atoms with Gasteiger partial charge in [-0.05, 0) is 0 Å². The molecule has 0 bridgehead atoms. The fourth-order valence-electron chi connectivity index (χ4n) is 3.45. The summed E-state index contributed by atoms with van der Waals surface area (Å²) in [6.07, 6.45) is 4.95. The van der Waals surface area contributed by atoms with Crippen LogP contribution in [0.1, 0.15) is 47.9 Å². The first-order chi connectivity index (χ1) is 10.2. The molecule has 2 atom stereocenters. The van der Waals surface area contributed by atoms with Crippen LogP contribution >= 0.6 is 0 Å². The molecule has 2 aromatic rings. The second-order valence-corrected chi connectivity index (χ2v) is 9.48. The van der Waals surface area contributed by atoms with Crippen molar-refractivity contribution < 1.29 is 23.2 Å². The molecule has 21 heavy (non-hydrogen) atoms. The van der Waals surface area contributed by atoms with Crippen molar-refractivity contribution in [3.8, 4) is 0 Å². The minimum absolute atomic E-state index is 0.629. The topological polar surface area (TPSA) is 0 Å². The van der Waals surface area contributed by atoms with E-state index in [1.807, 2.05) is 0 Å². The molecule has 2 unspecified atom stereocenters. The van der Waals surface area contributed by atoms with Gasteiger partial charge < -0.3 is 0 Å². The Morgan fingerprint density at radius 3 is 1.52 bits per heavy atom. The van der Waals surface area contributed by atoms with Gasteiger partial charge in [-0.1, -0.05) is 0 Å². The molecule has 0 nitrogen and oxygen atoms in total. The van der Waals surface area contributed by atoms with Crippen LogP contribution in [-0.2, 0) is 23.2 Å². The van der Waals surface area contributed by atoms with Crippen molar-refractivity contribution in [2.24, 2.45) is 0 Å². The predicted molar refractivity (Wildman–Crippen MR) is 85.7 cm³/mol. The van der Waals surface area contributed by atoms with Crippen LogP contribution in [0.5, 0.6) is 0 Å². The van der Waals surface area contributed by atoms with Crippen molar-refractivity contribution in [1.29, 1.82) is 0 Å². The van der Waals surface area contributed by atoms with E-state index in [0.29, 0.717) is 11.8 Å². The van der Waals surface area contributed by atoms with Gasteiger partial charge in [0.05, 0.1) is 0 Å². The zero-order chi connectivity index (χ0) is 14.4. The molecule has 0 fully saturated rings. The molecule has 100 valence electrons. The van der Waals surface area contributed by atoms with Gasteiger partial charge in [-0.3, -0.25) is 0 Å². The summed E-state index contributed by atoms with van der Waals surface area (Å²) in [6, 6.07) is 17.8. The molecule has 0 heterocycles. The molecular formula is C20H18Zr+2. The molecule has 4 rings (SSSR count). The Hall–Kier alpha value is -1.20. The summed E-state index contributed by atoms with van der Waals surface area (Å²) in [5.74, 6) is 1.26. The van der Waals surface area contributed by atoms with Crippen molar-refractivity contribution in [2.75, 3.05) is 0 Å². The Balaban J connectivity index is 1.62. The molecule has 1 heteroatoms. The first kappa shape index (κ1) is 13.5. The zero-order valence-corrected chi connectivity index (χ0v) is 14.9. The summed E-state index contributed by atoms with van der Waals surface area (Å²) in [6.45, 7) is 4.76. The summed E-state index contributed by atoms with van der Waals surface area (Å²) in [5.41, 5.74) is 5.95. The standard InChI is InChI=1S/2C10H9.Zr/c2*1-8-6-7-9-4-2-3-5-10(8)9;/h2*2-5,7-8H,1H3;/q;;+2. The SMILES string of the molecule is CC1[C]([Zr+2][C]2=Cc3ccccc3C2C)=Cc2ccccc21. The maximum atomic E-state index is 2.47. The normalized spacial score (nSPS) is 22.2. The first-order valence-electron chi connectivity index (χ1n) is 7.62. The number of hydrogen-bond acceptors (Lipinski definition) is 0. The van der Waals surface area contributed by atoms with E-state index >= 15 is 0 Å². The van der Waals surface area contributed by atoms with Gasteiger partial charge in [-0.15, -0.1) is 0 Å².